The molecule has 0 amide bonds. The second kappa shape index (κ2) is 6.18. The molecule has 0 saturated heterocycles. The molecule has 5 heteroatoms. The smallest absolute Gasteiger partial charge is 0.138 e. The highest BCUT2D eigenvalue weighted by atomic mass is 127. The third kappa shape index (κ3) is 2.82. The molecular formula is C15H17ClFIN2. The van der Waals surface area contributed by atoms with Gasteiger partial charge in [-0.25, -0.2) is 9.37 Å². The van der Waals surface area contributed by atoms with Crippen LogP contribution in [0.2, 0.25) is 0 Å². The van der Waals surface area contributed by atoms with Crippen molar-refractivity contribution in [1.29, 1.82) is 0 Å². The molecule has 1 aliphatic carbocycles. The average Bonchev–Trinajstić information content (AvgIpc) is 3.05. The fourth-order valence-corrected chi connectivity index (χ4v) is 3.79. The maximum absolute atomic E-state index is 13.8. The van der Waals surface area contributed by atoms with Crippen molar-refractivity contribution >= 4 is 45.2 Å². The van der Waals surface area contributed by atoms with Gasteiger partial charge in [-0.05, 0) is 41.0 Å². The molecular weight excluding hydrogens is 390 g/mol. The van der Waals surface area contributed by atoms with Gasteiger partial charge in [-0.1, -0.05) is 25.7 Å². The van der Waals surface area contributed by atoms with Crippen LogP contribution in [0.4, 0.5) is 4.39 Å². The zero-order valence-electron chi connectivity index (χ0n) is 11.2. The lowest BCUT2D eigenvalue weighted by molar-refractivity contribution is 0.458. The monoisotopic (exact) mass is 406 g/mol. The SMILES string of the molecule is Fc1cc2c(cc1I)nc(CCl)n2CCC1CCCC1. The van der Waals surface area contributed by atoms with Crippen molar-refractivity contribution in [2.45, 2.75) is 44.5 Å². The summed E-state index contributed by atoms with van der Waals surface area (Å²) in [6.07, 6.45) is 6.50. The Balaban J connectivity index is 1.92. The Kier molecular flexibility index (Phi) is 4.50. The third-order valence-corrected chi connectivity index (χ3v) is 5.29. The van der Waals surface area contributed by atoms with E-state index >= 15 is 0 Å². The van der Waals surface area contributed by atoms with E-state index < -0.39 is 0 Å². The molecule has 1 saturated carbocycles. The van der Waals surface area contributed by atoms with Crippen LogP contribution in [-0.2, 0) is 12.4 Å². The van der Waals surface area contributed by atoms with E-state index in [0.717, 1.165) is 35.7 Å². The zero-order chi connectivity index (χ0) is 14.1. The number of halogens is 3. The fraction of sp³-hybridized carbons (Fsp3) is 0.533. The van der Waals surface area contributed by atoms with Gasteiger partial charge < -0.3 is 4.57 Å². The molecule has 0 atom stereocenters. The van der Waals surface area contributed by atoms with Gasteiger partial charge in [0.2, 0.25) is 0 Å². The van der Waals surface area contributed by atoms with E-state index in [9.17, 15) is 4.39 Å². The first-order valence-corrected chi connectivity index (χ1v) is 8.70. The average molecular weight is 407 g/mol. The quantitative estimate of drug-likeness (QED) is 0.510. The molecule has 1 fully saturated rings. The van der Waals surface area contributed by atoms with Gasteiger partial charge in [-0.3, -0.25) is 0 Å². The first-order chi connectivity index (χ1) is 9.69. The predicted molar refractivity (Wildman–Crippen MR) is 88.5 cm³/mol. The van der Waals surface area contributed by atoms with Gasteiger partial charge in [0.05, 0.1) is 20.5 Å². The molecule has 1 aromatic heterocycles. The Labute approximate surface area is 136 Å². The molecule has 1 aromatic carbocycles. The summed E-state index contributed by atoms with van der Waals surface area (Å²) in [5.74, 6) is 1.85. The summed E-state index contributed by atoms with van der Waals surface area (Å²) in [7, 11) is 0. The Morgan fingerprint density at radius 1 is 1.35 bits per heavy atom. The summed E-state index contributed by atoms with van der Waals surface area (Å²) in [6.45, 7) is 0.892. The number of aromatic nitrogens is 2. The lowest BCUT2D eigenvalue weighted by Crippen LogP contribution is -2.06. The van der Waals surface area contributed by atoms with Crippen molar-refractivity contribution in [3.8, 4) is 0 Å². The maximum Gasteiger partial charge on any atom is 0.138 e. The maximum atomic E-state index is 13.8. The fourth-order valence-electron chi connectivity index (χ4n) is 3.13. The number of benzene rings is 1. The highest BCUT2D eigenvalue weighted by Crippen LogP contribution is 2.29. The number of hydrogen-bond donors (Lipinski definition) is 0. The summed E-state index contributed by atoms with van der Waals surface area (Å²) in [4.78, 5) is 4.54. The second-order valence-electron chi connectivity index (χ2n) is 5.51. The van der Waals surface area contributed by atoms with E-state index in [0.29, 0.717) is 9.45 Å². The molecule has 108 valence electrons. The number of fused-ring (bicyclic) bond motifs is 1. The molecule has 3 rings (SSSR count). The first-order valence-electron chi connectivity index (χ1n) is 7.09. The van der Waals surface area contributed by atoms with Gasteiger partial charge in [0, 0.05) is 12.6 Å². The number of hydrogen-bond acceptors (Lipinski definition) is 1. The number of rotatable bonds is 4. The molecule has 2 aromatic rings. The molecule has 0 spiro atoms. The third-order valence-electron chi connectivity index (χ3n) is 4.22. The molecule has 0 unspecified atom stereocenters. The number of aryl methyl sites for hydroxylation is 1. The number of alkyl halides is 1. The molecule has 1 aliphatic rings. The summed E-state index contributed by atoms with van der Waals surface area (Å²) >= 11 is 8.00. The summed E-state index contributed by atoms with van der Waals surface area (Å²) < 4.78 is 16.5. The highest BCUT2D eigenvalue weighted by Gasteiger charge is 2.17. The van der Waals surface area contributed by atoms with Crippen molar-refractivity contribution < 1.29 is 4.39 Å². The van der Waals surface area contributed by atoms with E-state index in [1.54, 1.807) is 12.1 Å². The summed E-state index contributed by atoms with van der Waals surface area (Å²) in [5, 5.41) is 0. The highest BCUT2D eigenvalue weighted by molar-refractivity contribution is 14.1. The van der Waals surface area contributed by atoms with E-state index in [1.807, 2.05) is 22.6 Å². The minimum Gasteiger partial charge on any atom is -0.327 e. The number of imidazole rings is 1. The van der Waals surface area contributed by atoms with Crippen LogP contribution in [0.15, 0.2) is 12.1 Å². The molecule has 0 bridgehead atoms. The van der Waals surface area contributed by atoms with Crippen molar-refractivity contribution in [3.05, 3.63) is 27.3 Å². The Bertz CT molecular complexity index is 620. The molecule has 2 nitrogen and oxygen atoms in total. The van der Waals surface area contributed by atoms with Crippen molar-refractivity contribution in [2.75, 3.05) is 0 Å². The van der Waals surface area contributed by atoms with Crippen molar-refractivity contribution in [3.63, 3.8) is 0 Å². The summed E-state index contributed by atoms with van der Waals surface area (Å²) in [6, 6.07) is 3.39. The molecule has 20 heavy (non-hydrogen) atoms. The van der Waals surface area contributed by atoms with E-state index in [2.05, 4.69) is 9.55 Å². The molecule has 1 heterocycles. The van der Waals surface area contributed by atoms with Crippen molar-refractivity contribution in [2.24, 2.45) is 5.92 Å². The van der Waals surface area contributed by atoms with Crippen LogP contribution < -0.4 is 0 Å². The van der Waals surface area contributed by atoms with E-state index in [4.69, 9.17) is 11.6 Å². The first kappa shape index (κ1) is 14.6. The van der Waals surface area contributed by atoms with E-state index in [1.165, 1.54) is 25.7 Å². The van der Waals surface area contributed by atoms with Gasteiger partial charge in [0.25, 0.3) is 0 Å². The van der Waals surface area contributed by atoms with Crippen molar-refractivity contribution in [1.82, 2.24) is 9.55 Å². The van der Waals surface area contributed by atoms with Crippen LogP contribution in [0.1, 0.15) is 37.9 Å². The topological polar surface area (TPSA) is 17.8 Å². The van der Waals surface area contributed by atoms with Crippen LogP contribution in [-0.4, -0.2) is 9.55 Å². The second-order valence-corrected chi connectivity index (χ2v) is 6.94. The normalized spacial score (nSPS) is 16.4. The van der Waals surface area contributed by atoms with Gasteiger partial charge in [0.15, 0.2) is 0 Å². The number of nitrogens with zero attached hydrogens (tertiary/aromatic N) is 2. The zero-order valence-corrected chi connectivity index (χ0v) is 14.1. The Morgan fingerprint density at radius 3 is 2.80 bits per heavy atom. The minimum absolute atomic E-state index is 0.179. The van der Waals surface area contributed by atoms with Gasteiger partial charge in [0.1, 0.15) is 11.6 Å². The molecule has 0 N–H and O–H groups in total. The Hall–Kier alpha value is -0.360. The van der Waals surface area contributed by atoms with Crippen LogP contribution >= 0.6 is 34.2 Å². The van der Waals surface area contributed by atoms with Crippen LogP contribution in [0, 0.1) is 15.3 Å². The van der Waals surface area contributed by atoms with Crippen LogP contribution in [0.5, 0.6) is 0 Å². The van der Waals surface area contributed by atoms with Gasteiger partial charge >= 0.3 is 0 Å². The largest absolute Gasteiger partial charge is 0.327 e. The van der Waals surface area contributed by atoms with Crippen LogP contribution in [0.3, 0.4) is 0 Å². The van der Waals surface area contributed by atoms with Crippen LogP contribution in [0.25, 0.3) is 11.0 Å². The standard InChI is InChI=1S/C15H17ClFIN2/c16-9-15-19-13-8-12(18)11(17)7-14(13)20(15)6-5-10-3-1-2-4-10/h7-8,10H,1-6,9H2. The minimum atomic E-state index is -0.179. The molecule has 0 aliphatic heterocycles. The summed E-state index contributed by atoms with van der Waals surface area (Å²) in [5.41, 5.74) is 1.72. The van der Waals surface area contributed by atoms with Gasteiger partial charge in [-0.2, -0.15) is 0 Å². The lowest BCUT2D eigenvalue weighted by Gasteiger charge is -2.12. The molecule has 0 radical (unpaired) electrons. The predicted octanol–water partition coefficient (Wildman–Crippen LogP) is 5.10. The lowest BCUT2D eigenvalue weighted by atomic mass is 10.0. The Morgan fingerprint density at radius 2 is 2.10 bits per heavy atom. The van der Waals surface area contributed by atoms with Gasteiger partial charge in [-0.15, -0.1) is 11.6 Å². The van der Waals surface area contributed by atoms with E-state index in [-0.39, 0.29) is 5.82 Å².